The summed E-state index contributed by atoms with van der Waals surface area (Å²) < 4.78 is 16.5. The van der Waals surface area contributed by atoms with Crippen molar-refractivity contribution in [3.8, 4) is 11.6 Å². The second-order valence-corrected chi connectivity index (χ2v) is 7.26. The van der Waals surface area contributed by atoms with Crippen molar-refractivity contribution >= 4 is 5.96 Å². The van der Waals surface area contributed by atoms with Crippen LogP contribution >= 0.6 is 0 Å². The molecule has 0 saturated heterocycles. The molecule has 0 bridgehead atoms. The standard InChI is InChI=1S/C23H32N4O3/c1-3-24-23(26-15-19-10-11-22(25-14-19)29-13-12-28-2)27-16-20-6-4-5-7-21(20)30-17-18-8-9-18/h4-7,10-11,14,18H,3,8-9,12-13,15-17H2,1-2H3,(H2,24,26,27). The number of nitrogens with one attached hydrogen (secondary N) is 2. The second-order valence-electron chi connectivity index (χ2n) is 7.26. The van der Waals surface area contributed by atoms with E-state index < -0.39 is 0 Å². The maximum atomic E-state index is 6.00. The number of nitrogens with zero attached hydrogens (tertiary/aromatic N) is 2. The summed E-state index contributed by atoms with van der Waals surface area (Å²) in [6.07, 6.45) is 4.36. The minimum absolute atomic E-state index is 0.487. The van der Waals surface area contributed by atoms with Crippen LogP contribution in [0.4, 0.5) is 0 Å². The molecule has 7 nitrogen and oxygen atoms in total. The monoisotopic (exact) mass is 412 g/mol. The number of hydrogen-bond acceptors (Lipinski definition) is 5. The van der Waals surface area contributed by atoms with E-state index in [1.54, 1.807) is 13.3 Å². The number of benzene rings is 1. The van der Waals surface area contributed by atoms with Gasteiger partial charge >= 0.3 is 0 Å². The van der Waals surface area contributed by atoms with Crippen molar-refractivity contribution in [2.24, 2.45) is 10.9 Å². The zero-order valence-electron chi connectivity index (χ0n) is 17.9. The van der Waals surface area contributed by atoms with Crippen LogP contribution < -0.4 is 20.1 Å². The van der Waals surface area contributed by atoms with Gasteiger partial charge in [-0.2, -0.15) is 0 Å². The predicted octanol–water partition coefficient (Wildman–Crippen LogP) is 3.15. The van der Waals surface area contributed by atoms with E-state index in [2.05, 4.69) is 33.6 Å². The quantitative estimate of drug-likeness (QED) is 0.317. The van der Waals surface area contributed by atoms with Crippen molar-refractivity contribution < 1.29 is 14.2 Å². The molecule has 0 radical (unpaired) electrons. The highest BCUT2D eigenvalue weighted by molar-refractivity contribution is 5.79. The lowest BCUT2D eigenvalue weighted by molar-refractivity contribution is 0.143. The van der Waals surface area contributed by atoms with E-state index in [9.17, 15) is 0 Å². The van der Waals surface area contributed by atoms with E-state index in [-0.39, 0.29) is 0 Å². The maximum Gasteiger partial charge on any atom is 0.213 e. The lowest BCUT2D eigenvalue weighted by Crippen LogP contribution is -2.36. The summed E-state index contributed by atoms with van der Waals surface area (Å²) in [6.45, 7) is 5.86. The molecule has 0 aliphatic heterocycles. The summed E-state index contributed by atoms with van der Waals surface area (Å²) in [6, 6.07) is 12.0. The molecule has 1 aromatic carbocycles. The lowest BCUT2D eigenvalue weighted by Gasteiger charge is -2.14. The fourth-order valence-electron chi connectivity index (χ4n) is 2.79. The molecule has 0 unspecified atom stereocenters. The number of hydrogen-bond donors (Lipinski definition) is 2. The van der Waals surface area contributed by atoms with Gasteiger partial charge in [-0.1, -0.05) is 24.3 Å². The van der Waals surface area contributed by atoms with Crippen LogP contribution in [-0.2, 0) is 17.8 Å². The summed E-state index contributed by atoms with van der Waals surface area (Å²) in [5, 5.41) is 6.68. The van der Waals surface area contributed by atoms with E-state index in [1.165, 1.54) is 12.8 Å². The Hall–Kier alpha value is -2.80. The smallest absolute Gasteiger partial charge is 0.213 e. The molecule has 1 heterocycles. The Bertz CT molecular complexity index is 791. The summed E-state index contributed by atoms with van der Waals surface area (Å²) in [5.74, 6) is 3.03. The van der Waals surface area contributed by atoms with Gasteiger partial charge in [-0.05, 0) is 37.3 Å². The van der Waals surface area contributed by atoms with Crippen LogP contribution in [0.1, 0.15) is 30.9 Å². The first kappa shape index (κ1) is 21.9. The van der Waals surface area contributed by atoms with Crippen LogP contribution in [0.3, 0.4) is 0 Å². The van der Waals surface area contributed by atoms with Gasteiger partial charge in [0.1, 0.15) is 12.4 Å². The highest BCUT2D eigenvalue weighted by Gasteiger charge is 2.22. The van der Waals surface area contributed by atoms with Gasteiger partial charge < -0.3 is 24.8 Å². The first-order valence-electron chi connectivity index (χ1n) is 10.6. The van der Waals surface area contributed by atoms with Crippen molar-refractivity contribution in [1.29, 1.82) is 0 Å². The van der Waals surface area contributed by atoms with Gasteiger partial charge in [-0.3, -0.25) is 0 Å². The summed E-state index contributed by atoms with van der Waals surface area (Å²) >= 11 is 0. The van der Waals surface area contributed by atoms with Gasteiger partial charge in [-0.15, -0.1) is 0 Å². The van der Waals surface area contributed by atoms with Crippen LogP contribution in [0.25, 0.3) is 0 Å². The molecule has 0 spiro atoms. The molecule has 0 amide bonds. The fraction of sp³-hybridized carbons (Fsp3) is 0.478. The Kier molecular flexibility index (Phi) is 8.78. The van der Waals surface area contributed by atoms with Crippen LogP contribution in [-0.4, -0.2) is 44.4 Å². The lowest BCUT2D eigenvalue weighted by atomic mass is 10.2. The van der Waals surface area contributed by atoms with Gasteiger partial charge in [0.25, 0.3) is 0 Å². The molecule has 30 heavy (non-hydrogen) atoms. The molecular weight excluding hydrogens is 380 g/mol. The highest BCUT2D eigenvalue weighted by Crippen LogP contribution is 2.30. The van der Waals surface area contributed by atoms with Crippen molar-refractivity contribution in [2.75, 3.05) is 33.5 Å². The number of guanidine groups is 1. The summed E-state index contributed by atoms with van der Waals surface area (Å²) in [5.41, 5.74) is 2.14. The number of para-hydroxylation sites is 1. The average molecular weight is 413 g/mol. The van der Waals surface area contributed by atoms with Gasteiger partial charge in [0.05, 0.1) is 19.8 Å². The van der Waals surface area contributed by atoms with Crippen molar-refractivity contribution in [3.05, 3.63) is 53.7 Å². The van der Waals surface area contributed by atoms with Crippen LogP contribution in [0.15, 0.2) is 47.6 Å². The Balaban J connectivity index is 1.53. The third-order valence-electron chi connectivity index (χ3n) is 4.69. The molecule has 1 saturated carbocycles. The molecular formula is C23H32N4O3. The number of methoxy groups -OCH3 is 1. The number of ether oxygens (including phenoxy) is 3. The van der Waals surface area contributed by atoms with Crippen LogP contribution in [0, 0.1) is 5.92 Å². The second kappa shape index (κ2) is 12.0. The maximum absolute atomic E-state index is 6.00. The Morgan fingerprint density at radius 1 is 1.10 bits per heavy atom. The Morgan fingerprint density at radius 2 is 1.97 bits per heavy atom. The summed E-state index contributed by atoms with van der Waals surface area (Å²) in [4.78, 5) is 8.99. The Labute approximate surface area is 178 Å². The zero-order valence-corrected chi connectivity index (χ0v) is 17.9. The molecule has 1 aliphatic carbocycles. The van der Waals surface area contributed by atoms with Crippen molar-refractivity contribution in [1.82, 2.24) is 15.6 Å². The third-order valence-corrected chi connectivity index (χ3v) is 4.69. The molecule has 1 aromatic heterocycles. The van der Waals surface area contributed by atoms with E-state index in [0.29, 0.717) is 32.2 Å². The van der Waals surface area contributed by atoms with Crippen LogP contribution in [0.2, 0.25) is 0 Å². The molecule has 1 fully saturated rings. The highest BCUT2D eigenvalue weighted by atomic mass is 16.5. The summed E-state index contributed by atoms with van der Waals surface area (Å²) in [7, 11) is 1.65. The van der Waals surface area contributed by atoms with Crippen molar-refractivity contribution in [3.63, 3.8) is 0 Å². The number of aliphatic imine (C=N–C) groups is 1. The molecule has 0 atom stereocenters. The van der Waals surface area contributed by atoms with E-state index >= 15 is 0 Å². The molecule has 2 N–H and O–H groups in total. The first-order chi connectivity index (χ1) is 14.8. The van der Waals surface area contributed by atoms with Gasteiger partial charge in [0.15, 0.2) is 5.96 Å². The predicted molar refractivity (Wildman–Crippen MR) is 118 cm³/mol. The zero-order chi connectivity index (χ0) is 21.0. The normalized spacial score (nSPS) is 13.7. The number of pyridine rings is 1. The minimum atomic E-state index is 0.487. The fourth-order valence-corrected chi connectivity index (χ4v) is 2.79. The molecule has 2 aromatic rings. The average Bonchev–Trinajstić information content (AvgIpc) is 3.60. The number of rotatable bonds is 12. The minimum Gasteiger partial charge on any atom is -0.493 e. The van der Waals surface area contributed by atoms with E-state index in [4.69, 9.17) is 14.2 Å². The SMILES string of the molecule is CCNC(=NCc1ccc(OCCOC)nc1)NCc1ccccc1OCC1CC1. The molecule has 162 valence electrons. The number of aromatic nitrogens is 1. The van der Waals surface area contributed by atoms with E-state index in [0.717, 1.165) is 41.9 Å². The van der Waals surface area contributed by atoms with Gasteiger partial charge in [0.2, 0.25) is 5.88 Å². The third kappa shape index (κ3) is 7.55. The topological polar surface area (TPSA) is 77.0 Å². The van der Waals surface area contributed by atoms with E-state index in [1.807, 2.05) is 30.3 Å². The first-order valence-corrected chi connectivity index (χ1v) is 10.6. The van der Waals surface area contributed by atoms with Crippen molar-refractivity contribution in [2.45, 2.75) is 32.9 Å². The van der Waals surface area contributed by atoms with Gasteiger partial charge in [-0.25, -0.2) is 9.98 Å². The largest absolute Gasteiger partial charge is 0.493 e. The molecule has 1 aliphatic rings. The molecule has 3 rings (SSSR count). The van der Waals surface area contributed by atoms with Gasteiger partial charge in [0, 0.05) is 38.0 Å². The van der Waals surface area contributed by atoms with Crippen LogP contribution in [0.5, 0.6) is 11.6 Å². The Morgan fingerprint density at radius 3 is 2.70 bits per heavy atom. The molecule has 7 heteroatoms.